The Balaban J connectivity index is 2.61. The minimum atomic E-state index is -1.05. The van der Waals surface area contributed by atoms with Gasteiger partial charge in [0.1, 0.15) is 6.29 Å². The number of halogens is 1. The summed E-state index contributed by atoms with van der Waals surface area (Å²) >= 11 is 5.95. The summed E-state index contributed by atoms with van der Waals surface area (Å²) in [4.78, 5) is 11.6. The number of aliphatic hydroxyl groups is 1. The van der Waals surface area contributed by atoms with Crippen molar-refractivity contribution in [2.24, 2.45) is 0 Å². The first-order valence-corrected chi connectivity index (χ1v) is 5.99. The molecule has 1 atom stereocenters. The zero-order valence-electron chi connectivity index (χ0n) is 9.71. The maximum absolute atomic E-state index is 11.6. The van der Waals surface area contributed by atoms with Crippen LogP contribution < -0.4 is 0 Å². The molecule has 0 heterocycles. The molecule has 18 heavy (non-hydrogen) atoms. The lowest BCUT2D eigenvalue weighted by atomic mass is 9.76. The number of carbonyl (C=O) groups is 1. The molecule has 0 amide bonds. The van der Waals surface area contributed by atoms with Crippen LogP contribution in [0.5, 0.6) is 0 Å². The van der Waals surface area contributed by atoms with Crippen molar-refractivity contribution >= 4 is 17.9 Å². The average Bonchev–Trinajstić information content (AvgIpc) is 2.42. The van der Waals surface area contributed by atoms with Crippen LogP contribution in [0, 0.1) is 0 Å². The molecule has 0 radical (unpaired) electrons. The summed E-state index contributed by atoms with van der Waals surface area (Å²) in [6, 6.07) is 16.2. The van der Waals surface area contributed by atoms with Crippen LogP contribution in [0.1, 0.15) is 11.1 Å². The van der Waals surface area contributed by atoms with Crippen LogP contribution in [-0.4, -0.2) is 18.0 Å². The van der Waals surface area contributed by atoms with Crippen LogP contribution in [0.3, 0.4) is 0 Å². The molecule has 0 saturated carbocycles. The van der Waals surface area contributed by atoms with E-state index >= 15 is 0 Å². The Morgan fingerprint density at radius 3 is 2.28 bits per heavy atom. The summed E-state index contributed by atoms with van der Waals surface area (Å²) in [5, 5.41) is 10.2. The van der Waals surface area contributed by atoms with Gasteiger partial charge in [0.15, 0.2) is 0 Å². The van der Waals surface area contributed by atoms with Crippen molar-refractivity contribution in [3.8, 4) is 0 Å². The third kappa shape index (κ3) is 2.17. The van der Waals surface area contributed by atoms with Crippen molar-refractivity contribution in [1.29, 1.82) is 0 Å². The quantitative estimate of drug-likeness (QED) is 0.859. The Kier molecular flexibility index (Phi) is 3.80. The molecular weight excluding hydrogens is 248 g/mol. The van der Waals surface area contributed by atoms with E-state index in [1.165, 1.54) is 0 Å². The smallest absolute Gasteiger partial charge is 0.137 e. The standard InChI is InChI=1S/C15H13ClO2/c16-14-8-4-7-13(9-14)15(10-17,11-18)12-5-2-1-3-6-12/h1-10,18H,11H2. The van der Waals surface area contributed by atoms with Crippen LogP contribution in [0.2, 0.25) is 5.02 Å². The second-order valence-corrected chi connectivity index (χ2v) is 4.56. The Labute approximate surface area is 111 Å². The first-order chi connectivity index (χ1) is 8.73. The first kappa shape index (κ1) is 12.8. The van der Waals surface area contributed by atoms with E-state index in [0.717, 1.165) is 11.8 Å². The molecule has 2 aromatic rings. The maximum atomic E-state index is 11.6. The molecule has 2 aromatic carbocycles. The SMILES string of the molecule is O=CC(CO)(c1ccccc1)c1cccc(Cl)c1. The van der Waals surface area contributed by atoms with E-state index in [9.17, 15) is 9.90 Å². The Hall–Kier alpha value is -1.64. The molecular formula is C15H13ClO2. The van der Waals surface area contributed by atoms with E-state index in [1.54, 1.807) is 24.3 Å². The van der Waals surface area contributed by atoms with Crippen molar-refractivity contribution in [3.63, 3.8) is 0 Å². The van der Waals surface area contributed by atoms with Crippen LogP contribution in [0.15, 0.2) is 54.6 Å². The normalized spacial score (nSPS) is 13.9. The Morgan fingerprint density at radius 2 is 1.72 bits per heavy atom. The van der Waals surface area contributed by atoms with Gasteiger partial charge in [0.25, 0.3) is 0 Å². The lowest BCUT2D eigenvalue weighted by molar-refractivity contribution is -0.112. The zero-order valence-corrected chi connectivity index (χ0v) is 10.5. The lowest BCUT2D eigenvalue weighted by Gasteiger charge is -2.27. The van der Waals surface area contributed by atoms with Crippen molar-refractivity contribution in [1.82, 2.24) is 0 Å². The zero-order chi connectivity index (χ0) is 13.0. The average molecular weight is 261 g/mol. The predicted octanol–water partition coefficient (Wildman–Crippen LogP) is 2.82. The van der Waals surface area contributed by atoms with Crippen molar-refractivity contribution < 1.29 is 9.90 Å². The highest BCUT2D eigenvalue weighted by Gasteiger charge is 2.33. The molecule has 0 aliphatic heterocycles. The van der Waals surface area contributed by atoms with Crippen molar-refractivity contribution in [3.05, 3.63) is 70.7 Å². The van der Waals surface area contributed by atoms with E-state index < -0.39 is 5.41 Å². The van der Waals surface area contributed by atoms with E-state index in [4.69, 9.17) is 11.6 Å². The largest absolute Gasteiger partial charge is 0.395 e. The van der Waals surface area contributed by atoms with Gasteiger partial charge in [0.2, 0.25) is 0 Å². The number of carbonyl (C=O) groups excluding carboxylic acids is 1. The van der Waals surface area contributed by atoms with Gasteiger partial charge in [-0.15, -0.1) is 0 Å². The van der Waals surface area contributed by atoms with Crippen molar-refractivity contribution in [2.75, 3.05) is 6.61 Å². The van der Waals surface area contributed by atoms with E-state index in [1.807, 2.05) is 30.3 Å². The highest BCUT2D eigenvalue weighted by Crippen LogP contribution is 2.31. The third-order valence-corrected chi connectivity index (χ3v) is 3.31. The van der Waals surface area contributed by atoms with Gasteiger partial charge >= 0.3 is 0 Å². The Bertz CT molecular complexity index is 539. The summed E-state index contributed by atoms with van der Waals surface area (Å²) in [6.45, 7) is -0.291. The topological polar surface area (TPSA) is 37.3 Å². The highest BCUT2D eigenvalue weighted by molar-refractivity contribution is 6.30. The van der Waals surface area contributed by atoms with E-state index in [2.05, 4.69) is 0 Å². The molecule has 1 unspecified atom stereocenters. The van der Waals surface area contributed by atoms with Gasteiger partial charge in [-0.05, 0) is 23.3 Å². The predicted molar refractivity (Wildman–Crippen MR) is 71.8 cm³/mol. The molecule has 92 valence electrons. The Morgan fingerprint density at radius 1 is 1.06 bits per heavy atom. The van der Waals surface area contributed by atoms with Gasteiger partial charge in [-0.25, -0.2) is 0 Å². The number of hydrogen-bond acceptors (Lipinski definition) is 2. The molecule has 0 spiro atoms. The molecule has 2 nitrogen and oxygen atoms in total. The molecule has 0 aliphatic rings. The van der Waals surface area contributed by atoms with Crippen LogP contribution in [0.25, 0.3) is 0 Å². The van der Waals surface area contributed by atoms with E-state index in [0.29, 0.717) is 10.6 Å². The minimum Gasteiger partial charge on any atom is -0.395 e. The van der Waals surface area contributed by atoms with Gasteiger partial charge in [-0.2, -0.15) is 0 Å². The van der Waals surface area contributed by atoms with E-state index in [-0.39, 0.29) is 6.61 Å². The number of rotatable bonds is 4. The number of aldehydes is 1. The molecule has 0 saturated heterocycles. The molecule has 0 fully saturated rings. The monoisotopic (exact) mass is 260 g/mol. The molecule has 0 aromatic heterocycles. The van der Waals surface area contributed by atoms with Crippen LogP contribution in [-0.2, 0) is 10.2 Å². The van der Waals surface area contributed by atoms with Gasteiger partial charge in [-0.1, -0.05) is 54.1 Å². The fourth-order valence-corrected chi connectivity index (χ4v) is 2.21. The fourth-order valence-electron chi connectivity index (χ4n) is 2.02. The molecule has 3 heteroatoms. The summed E-state index contributed by atoms with van der Waals surface area (Å²) < 4.78 is 0. The van der Waals surface area contributed by atoms with Gasteiger partial charge in [-0.3, -0.25) is 0 Å². The number of aliphatic hydroxyl groups excluding tert-OH is 1. The summed E-state index contributed by atoms with van der Waals surface area (Å²) in [7, 11) is 0. The number of benzene rings is 2. The maximum Gasteiger partial charge on any atom is 0.137 e. The van der Waals surface area contributed by atoms with Crippen LogP contribution in [0.4, 0.5) is 0 Å². The molecule has 2 rings (SSSR count). The van der Waals surface area contributed by atoms with Gasteiger partial charge in [0, 0.05) is 5.02 Å². The van der Waals surface area contributed by atoms with Gasteiger partial charge in [0.05, 0.1) is 12.0 Å². The molecule has 1 N–H and O–H groups in total. The van der Waals surface area contributed by atoms with Crippen molar-refractivity contribution in [2.45, 2.75) is 5.41 Å². The summed E-state index contributed by atoms with van der Waals surface area (Å²) in [6.07, 6.45) is 0.772. The third-order valence-electron chi connectivity index (χ3n) is 3.08. The second-order valence-electron chi connectivity index (χ2n) is 4.12. The highest BCUT2D eigenvalue weighted by atomic mass is 35.5. The minimum absolute atomic E-state index is 0.291. The van der Waals surface area contributed by atoms with Crippen LogP contribution >= 0.6 is 11.6 Å². The lowest BCUT2D eigenvalue weighted by Crippen LogP contribution is -2.33. The molecule has 0 bridgehead atoms. The number of hydrogen-bond donors (Lipinski definition) is 1. The fraction of sp³-hybridized carbons (Fsp3) is 0.133. The second kappa shape index (κ2) is 5.34. The van der Waals surface area contributed by atoms with Gasteiger partial charge < -0.3 is 9.90 Å². The first-order valence-electron chi connectivity index (χ1n) is 5.62. The summed E-state index contributed by atoms with van der Waals surface area (Å²) in [5.41, 5.74) is 0.398. The summed E-state index contributed by atoms with van der Waals surface area (Å²) in [5.74, 6) is 0. The molecule has 0 aliphatic carbocycles.